The zero-order valence-corrected chi connectivity index (χ0v) is 12.1. The molecular weight excluding hydrogens is 268 g/mol. The maximum absolute atomic E-state index is 12.2. The van der Waals surface area contributed by atoms with Crippen molar-refractivity contribution in [3.63, 3.8) is 0 Å². The Balaban J connectivity index is 2.87. The SMILES string of the molecule is COC(=O)CC(C)S(=O)(=O)Cc1ccccc1OC. The lowest BCUT2D eigenvalue weighted by molar-refractivity contribution is -0.140. The maximum Gasteiger partial charge on any atom is 0.306 e. The summed E-state index contributed by atoms with van der Waals surface area (Å²) in [6, 6.07) is 6.92. The van der Waals surface area contributed by atoms with Crippen LogP contribution < -0.4 is 4.74 Å². The molecule has 0 aliphatic carbocycles. The molecule has 106 valence electrons. The van der Waals surface area contributed by atoms with Crippen molar-refractivity contribution < 1.29 is 22.7 Å². The van der Waals surface area contributed by atoms with Crippen molar-refractivity contribution in [2.75, 3.05) is 14.2 Å². The van der Waals surface area contributed by atoms with Crippen LogP contribution in [0.1, 0.15) is 18.9 Å². The van der Waals surface area contributed by atoms with E-state index in [9.17, 15) is 13.2 Å². The molecule has 0 aromatic heterocycles. The highest BCUT2D eigenvalue weighted by atomic mass is 32.2. The van der Waals surface area contributed by atoms with E-state index in [4.69, 9.17) is 4.74 Å². The number of para-hydroxylation sites is 1. The van der Waals surface area contributed by atoms with Gasteiger partial charge in [-0.25, -0.2) is 8.42 Å². The van der Waals surface area contributed by atoms with Gasteiger partial charge in [0, 0.05) is 5.56 Å². The summed E-state index contributed by atoms with van der Waals surface area (Å²) in [5.41, 5.74) is 0.585. The fraction of sp³-hybridized carbons (Fsp3) is 0.462. The number of esters is 1. The minimum absolute atomic E-state index is 0.145. The third-order valence-electron chi connectivity index (χ3n) is 2.84. The van der Waals surface area contributed by atoms with Gasteiger partial charge in [-0.3, -0.25) is 4.79 Å². The quantitative estimate of drug-likeness (QED) is 0.742. The Morgan fingerprint density at radius 2 is 1.89 bits per heavy atom. The number of sulfone groups is 1. The van der Waals surface area contributed by atoms with Crippen LogP contribution in [0.2, 0.25) is 0 Å². The molecule has 0 bridgehead atoms. The number of carbonyl (C=O) groups excluding carboxylic acids is 1. The number of benzene rings is 1. The number of hydrogen-bond donors (Lipinski definition) is 0. The molecule has 1 rings (SSSR count). The Bertz CT molecular complexity index is 536. The number of ether oxygens (including phenoxy) is 2. The molecule has 0 saturated heterocycles. The first-order valence-corrected chi connectivity index (χ1v) is 7.52. The summed E-state index contributed by atoms with van der Waals surface area (Å²) in [4.78, 5) is 11.1. The van der Waals surface area contributed by atoms with E-state index in [0.717, 1.165) is 0 Å². The molecule has 19 heavy (non-hydrogen) atoms. The summed E-state index contributed by atoms with van der Waals surface area (Å²) < 4.78 is 33.9. The summed E-state index contributed by atoms with van der Waals surface area (Å²) in [5, 5.41) is -0.787. The van der Waals surface area contributed by atoms with Gasteiger partial charge in [0.2, 0.25) is 0 Å². The van der Waals surface area contributed by atoms with E-state index < -0.39 is 21.1 Å². The monoisotopic (exact) mass is 286 g/mol. The largest absolute Gasteiger partial charge is 0.496 e. The lowest BCUT2D eigenvalue weighted by Gasteiger charge is -2.13. The lowest BCUT2D eigenvalue weighted by atomic mass is 10.2. The first-order valence-electron chi connectivity index (χ1n) is 5.81. The van der Waals surface area contributed by atoms with Gasteiger partial charge in [-0.05, 0) is 13.0 Å². The third-order valence-corrected chi connectivity index (χ3v) is 4.95. The molecule has 1 aromatic rings. The molecule has 0 radical (unpaired) electrons. The summed E-state index contributed by atoms with van der Waals surface area (Å²) in [5.74, 6) is -0.165. The molecule has 0 heterocycles. The first kappa shape index (κ1) is 15.5. The van der Waals surface area contributed by atoms with Gasteiger partial charge in [0.1, 0.15) is 5.75 Å². The first-order chi connectivity index (χ1) is 8.90. The van der Waals surface area contributed by atoms with Crippen LogP contribution in [0.25, 0.3) is 0 Å². The Labute approximate surface area is 113 Å². The van der Waals surface area contributed by atoms with Gasteiger partial charge < -0.3 is 9.47 Å². The van der Waals surface area contributed by atoms with Crippen LogP contribution in [0, 0.1) is 0 Å². The Morgan fingerprint density at radius 3 is 2.47 bits per heavy atom. The van der Waals surface area contributed by atoms with E-state index in [1.165, 1.54) is 21.1 Å². The van der Waals surface area contributed by atoms with Crippen molar-refractivity contribution in [3.8, 4) is 5.75 Å². The molecule has 1 aromatic carbocycles. The zero-order chi connectivity index (χ0) is 14.5. The van der Waals surface area contributed by atoms with Crippen molar-refractivity contribution in [1.82, 2.24) is 0 Å². The van der Waals surface area contributed by atoms with Crippen LogP contribution in [0.3, 0.4) is 0 Å². The van der Waals surface area contributed by atoms with Crippen LogP contribution >= 0.6 is 0 Å². The second-order valence-corrected chi connectivity index (χ2v) is 6.63. The predicted molar refractivity (Wildman–Crippen MR) is 71.7 cm³/mol. The van der Waals surface area contributed by atoms with Gasteiger partial charge in [-0.15, -0.1) is 0 Å². The van der Waals surface area contributed by atoms with E-state index in [1.807, 2.05) is 0 Å². The molecule has 0 fully saturated rings. The average molecular weight is 286 g/mol. The molecule has 6 heteroatoms. The Hall–Kier alpha value is -1.56. The zero-order valence-electron chi connectivity index (χ0n) is 11.3. The van der Waals surface area contributed by atoms with Crippen LogP contribution in [-0.2, 0) is 25.1 Å². The second-order valence-electron chi connectivity index (χ2n) is 4.21. The number of rotatable bonds is 6. The number of carbonyl (C=O) groups is 1. The Morgan fingerprint density at radius 1 is 1.26 bits per heavy atom. The summed E-state index contributed by atoms with van der Waals surface area (Å²) in [6.45, 7) is 1.50. The molecule has 0 amide bonds. The summed E-state index contributed by atoms with van der Waals surface area (Å²) >= 11 is 0. The molecule has 0 saturated carbocycles. The minimum Gasteiger partial charge on any atom is -0.496 e. The molecule has 0 spiro atoms. The van der Waals surface area contributed by atoms with Gasteiger partial charge >= 0.3 is 5.97 Å². The maximum atomic E-state index is 12.2. The topological polar surface area (TPSA) is 69.7 Å². The molecule has 1 unspecified atom stereocenters. The average Bonchev–Trinajstić information content (AvgIpc) is 2.38. The molecule has 0 aliphatic rings. The van der Waals surface area contributed by atoms with Crippen LogP contribution in [0.15, 0.2) is 24.3 Å². The summed E-state index contributed by atoms with van der Waals surface area (Å²) in [7, 11) is -0.705. The van der Waals surface area contributed by atoms with E-state index >= 15 is 0 Å². The van der Waals surface area contributed by atoms with Gasteiger partial charge in [0.25, 0.3) is 0 Å². The van der Waals surface area contributed by atoms with Crippen molar-refractivity contribution >= 4 is 15.8 Å². The van der Waals surface area contributed by atoms with Gasteiger partial charge in [0.05, 0.1) is 31.6 Å². The van der Waals surface area contributed by atoms with E-state index in [0.29, 0.717) is 11.3 Å². The van der Waals surface area contributed by atoms with Crippen molar-refractivity contribution in [3.05, 3.63) is 29.8 Å². The van der Waals surface area contributed by atoms with Gasteiger partial charge in [-0.1, -0.05) is 18.2 Å². The minimum atomic E-state index is -3.43. The standard InChI is InChI=1S/C13H18O5S/c1-10(8-13(14)18-3)19(15,16)9-11-6-4-5-7-12(11)17-2/h4-7,10H,8-9H2,1-3H3. The van der Waals surface area contributed by atoms with Gasteiger partial charge in [-0.2, -0.15) is 0 Å². The smallest absolute Gasteiger partial charge is 0.306 e. The fourth-order valence-corrected chi connectivity index (χ4v) is 2.97. The third kappa shape index (κ3) is 4.24. The highest BCUT2D eigenvalue weighted by Gasteiger charge is 2.25. The highest BCUT2D eigenvalue weighted by molar-refractivity contribution is 7.91. The molecule has 0 aliphatic heterocycles. The highest BCUT2D eigenvalue weighted by Crippen LogP contribution is 2.22. The lowest BCUT2D eigenvalue weighted by Crippen LogP contribution is -2.23. The number of methoxy groups -OCH3 is 2. The van der Waals surface area contributed by atoms with Crippen molar-refractivity contribution in [2.24, 2.45) is 0 Å². The van der Waals surface area contributed by atoms with Crippen molar-refractivity contribution in [2.45, 2.75) is 24.3 Å². The van der Waals surface area contributed by atoms with E-state index in [2.05, 4.69) is 4.74 Å². The van der Waals surface area contributed by atoms with Crippen molar-refractivity contribution in [1.29, 1.82) is 0 Å². The van der Waals surface area contributed by atoms with Crippen LogP contribution in [0.4, 0.5) is 0 Å². The molecule has 0 N–H and O–H groups in total. The molecular formula is C13H18O5S. The van der Waals surface area contributed by atoms with E-state index in [1.54, 1.807) is 24.3 Å². The van der Waals surface area contributed by atoms with Crippen LogP contribution in [0.5, 0.6) is 5.75 Å². The molecule has 5 nitrogen and oxygen atoms in total. The van der Waals surface area contributed by atoms with E-state index in [-0.39, 0.29) is 12.2 Å². The Kier molecular flexibility index (Phi) is 5.35. The normalized spacial score (nSPS) is 12.8. The van der Waals surface area contributed by atoms with Gasteiger partial charge in [0.15, 0.2) is 9.84 Å². The summed E-state index contributed by atoms with van der Waals surface area (Å²) in [6.07, 6.45) is -0.145. The van der Waals surface area contributed by atoms with Crippen LogP contribution in [-0.4, -0.2) is 33.9 Å². The number of hydrogen-bond acceptors (Lipinski definition) is 5. The predicted octanol–water partition coefficient (Wildman–Crippen LogP) is 1.56. The fourth-order valence-electron chi connectivity index (χ4n) is 1.63. The second kappa shape index (κ2) is 6.56. The molecule has 1 atom stereocenters.